The molecular weight excluding hydrogens is 296 g/mol. The van der Waals surface area contributed by atoms with Gasteiger partial charge < -0.3 is 14.8 Å². The van der Waals surface area contributed by atoms with Crippen LogP contribution in [-0.4, -0.2) is 27.1 Å². The van der Waals surface area contributed by atoms with Gasteiger partial charge in [-0.3, -0.25) is 0 Å². The fourth-order valence-electron chi connectivity index (χ4n) is 1.29. The van der Waals surface area contributed by atoms with Crippen molar-refractivity contribution in [1.29, 1.82) is 0 Å². The Hall–Kier alpha value is -0.560. The van der Waals surface area contributed by atoms with Crippen LogP contribution in [0.15, 0.2) is 16.6 Å². The number of ether oxygens (including phenoxy) is 2. The van der Waals surface area contributed by atoms with Crippen molar-refractivity contribution in [3.05, 3.63) is 33.8 Å². The normalized spacial score (nSPS) is 11.2. The molecule has 1 aromatic carbocycles. The standard InChI is InChI=1S/C11H14BrF2NO2/c1-16-11(17-2)6-15-5-7-3-9(13)10(14)4-8(7)12/h3-4,11,15H,5-6H2,1-2H3. The van der Waals surface area contributed by atoms with Gasteiger partial charge in [-0.25, -0.2) is 8.78 Å². The molecule has 6 heteroatoms. The fourth-order valence-corrected chi connectivity index (χ4v) is 1.74. The Morgan fingerprint density at radius 1 is 1.24 bits per heavy atom. The lowest BCUT2D eigenvalue weighted by atomic mass is 10.2. The van der Waals surface area contributed by atoms with Crippen molar-refractivity contribution in [3.63, 3.8) is 0 Å². The first-order valence-electron chi connectivity index (χ1n) is 4.98. The molecule has 96 valence electrons. The molecule has 0 aliphatic rings. The van der Waals surface area contributed by atoms with Crippen LogP contribution < -0.4 is 5.32 Å². The molecule has 1 N–H and O–H groups in total. The maximum atomic E-state index is 13.0. The van der Waals surface area contributed by atoms with Gasteiger partial charge in [0.25, 0.3) is 0 Å². The van der Waals surface area contributed by atoms with E-state index in [4.69, 9.17) is 9.47 Å². The third-order valence-electron chi connectivity index (χ3n) is 2.24. The fraction of sp³-hybridized carbons (Fsp3) is 0.455. The average Bonchev–Trinajstić information content (AvgIpc) is 2.31. The second-order valence-corrected chi connectivity index (χ2v) is 4.24. The van der Waals surface area contributed by atoms with E-state index in [1.807, 2.05) is 0 Å². The largest absolute Gasteiger partial charge is 0.355 e. The summed E-state index contributed by atoms with van der Waals surface area (Å²) in [6, 6.07) is 2.26. The summed E-state index contributed by atoms with van der Waals surface area (Å²) in [7, 11) is 3.06. The Morgan fingerprint density at radius 2 is 1.82 bits per heavy atom. The molecule has 0 fully saturated rings. The van der Waals surface area contributed by atoms with Gasteiger partial charge in [-0.2, -0.15) is 0 Å². The first-order chi connectivity index (χ1) is 8.08. The summed E-state index contributed by atoms with van der Waals surface area (Å²) in [5, 5.41) is 3.02. The first kappa shape index (κ1) is 14.5. The Balaban J connectivity index is 2.55. The maximum Gasteiger partial charge on any atom is 0.169 e. The lowest BCUT2D eigenvalue weighted by Gasteiger charge is -2.14. The van der Waals surface area contributed by atoms with Gasteiger partial charge >= 0.3 is 0 Å². The minimum Gasteiger partial charge on any atom is -0.355 e. The molecular formula is C11H14BrF2NO2. The van der Waals surface area contributed by atoms with Crippen LogP contribution >= 0.6 is 15.9 Å². The lowest BCUT2D eigenvalue weighted by molar-refractivity contribution is -0.0989. The number of hydrogen-bond acceptors (Lipinski definition) is 3. The van der Waals surface area contributed by atoms with Gasteiger partial charge in [0.1, 0.15) is 0 Å². The lowest BCUT2D eigenvalue weighted by Crippen LogP contribution is -2.29. The van der Waals surface area contributed by atoms with Crippen molar-refractivity contribution in [2.75, 3.05) is 20.8 Å². The number of methoxy groups -OCH3 is 2. The zero-order chi connectivity index (χ0) is 12.8. The third-order valence-corrected chi connectivity index (χ3v) is 2.98. The van der Waals surface area contributed by atoms with E-state index >= 15 is 0 Å². The highest BCUT2D eigenvalue weighted by Crippen LogP contribution is 2.20. The predicted molar refractivity (Wildman–Crippen MR) is 63.6 cm³/mol. The highest BCUT2D eigenvalue weighted by molar-refractivity contribution is 9.10. The maximum absolute atomic E-state index is 13.0. The minimum absolute atomic E-state index is 0.362. The minimum atomic E-state index is -0.868. The van der Waals surface area contributed by atoms with Crippen LogP contribution in [0.2, 0.25) is 0 Å². The molecule has 0 saturated heterocycles. The molecule has 0 bridgehead atoms. The molecule has 3 nitrogen and oxygen atoms in total. The molecule has 0 atom stereocenters. The van der Waals surface area contributed by atoms with Gasteiger partial charge in [0.15, 0.2) is 17.9 Å². The number of rotatable bonds is 6. The Labute approximate surface area is 107 Å². The van der Waals surface area contributed by atoms with Gasteiger partial charge in [0.05, 0.1) is 0 Å². The summed E-state index contributed by atoms with van der Waals surface area (Å²) in [6.45, 7) is 0.847. The van der Waals surface area contributed by atoms with E-state index in [0.717, 1.165) is 12.1 Å². The van der Waals surface area contributed by atoms with Gasteiger partial charge in [0.2, 0.25) is 0 Å². The number of nitrogens with one attached hydrogen (secondary N) is 1. The van der Waals surface area contributed by atoms with Gasteiger partial charge in [0, 0.05) is 31.8 Å². The van der Waals surface area contributed by atoms with Crippen molar-refractivity contribution in [3.8, 4) is 0 Å². The van der Waals surface area contributed by atoms with E-state index in [1.165, 1.54) is 14.2 Å². The summed E-state index contributed by atoms with van der Waals surface area (Å²) < 4.78 is 36.3. The monoisotopic (exact) mass is 309 g/mol. The summed E-state index contributed by atoms with van der Waals surface area (Å²) in [5.74, 6) is -1.73. The van der Waals surface area contributed by atoms with E-state index in [9.17, 15) is 8.78 Å². The topological polar surface area (TPSA) is 30.5 Å². The summed E-state index contributed by atoms with van der Waals surface area (Å²) in [4.78, 5) is 0. The summed E-state index contributed by atoms with van der Waals surface area (Å²) >= 11 is 3.17. The highest BCUT2D eigenvalue weighted by Gasteiger charge is 2.09. The second kappa shape index (κ2) is 7.00. The molecule has 0 spiro atoms. The van der Waals surface area contributed by atoms with E-state index < -0.39 is 11.6 Å². The molecule has 0 unspecified atom stereocenters. The molecule has 17 heavy (non-hydrogen) atoms. The van der Waals surface area contributed by atoms with E-state index in [0.29, 0.717) is 23.1 Å². The molecule has 0 aliphatic heterocycles. The van der Waals surface area contributed by atoms with Crippen molar-refractivity contribution < 1.29 is 18.3 Å². The SMILES string of the molecule is COC(CNCc1cc(F)c(F)cc1Br)OC. The van der Waals surface area contributed by atoms with Gasteiger partial charge in [-0.15, -0.1) is 0 Å². The summed E-state index contributed by atoms with van der Waals surface area (Å²) in [6.07, 6.45) is -0.362. The second-order valence-electron chi connectivity index (χ2n) is 3.39. The average molecular weight is 310 g/mol. The van der Waals surface area contributed by atoms with E-state index in [2.05, 4.69) is 21.2 Å². The first-order valence-corrected chi connectivity index (χ1v) is 5.77. The third kappa shape index (κ3) is 4.31. The molecule has 1 rings (SSSR count). The predicted octanol–water partition coefficient (Wildman–Crippen LogP) is 2.44. The van der Waals surface area contributed by atoms with Crippen molar-refractivity contribution in [2.24, 2.45) is 0 Å². The van der Waals surface area contributed by atoms with Crippen LogP contribution in [0.3, 0.4) is 0 Å². The van der Waals surface area contributed by atoms with Crippen LogP contribution in [0.1, 0.15) is 5.56 Å². The Morgan fingerprint density at radius 3 is 2.41 bits per heavy atom. The number of halogens is 3. The molecule has 1 aromatic rings. The zero-order valence-electron chi connectivity index (χ0n) is 9.60. The molecule has 0 aromatic heterocycles. The molecule has 0 aliphatic carbocycles. The molecule has 0 amide bonds. The Kier molecular flexibility index (Phi) is 5.97. The molecule has 0 radical (unpaired) electrons. The van der Waals surface area contributed by atoms with E-state index in [-0.39, 0.29) is 6.29 Å². The highest BCUT2D eigenvalue weighted by atomic mass is 79.9. The van der Waals surface area contributed by atoms with Gasteiger partial charge in [-0.1, -0.05) is 15.9 Å². The summed E-state index contributed by atoms with van der Waals surface area (Å²) in [5.41, 5.74) is 0.634. The van der Waals surface area contributed by atoms with Crippen LogP contribution in [0.5, 0.6) is 0 Å². The van der Waals surface area contributed by atoms with Crippen LogP contribution in [0, 0.1) is 11.6 Å². The molecule has 0 saturated carbocycles. The number of benzene rings is 1. The quantitative estimate of drug-likeness (QED) is 0.647. The number of hydrogen-bond donors (Lipinski definition) is 1. The van der Waals surface area contributed by atoms with E-state index in [1.54, 1.807) is 0 Å². The molecule has 0 heterocycles. The van der Waals surface area contributed by atoms with Gasteiger partial charge in [-0.05, 0) is 17.7 Å². The van der Waals surface area contributed by atoms with Crippen molar-refractivity contribution in [1.82, 2.24) is 5.32 Å². The van der Waals surface area contributed by atoms with Crippen LogP contribution in [-0.2, 0) is 16.0 Å². The zero-order valence-corrected chi connectivity index (χ0v) is 11.2. The smallest absolute Gasteiger partial charge is 0.169 e. The van der Waals surface area contributed by atoms with Crippen LogP contribution in [0.4, 0.5) is 8.78 Å². The Bertz CT molecular complexity index is 373. The van der Waals surface area contributed by atoms with Crippen molar-refractivity contribution in [2.45, 2.75) is 12.8 Å². The van der Waals surface area contributed by atoms with Crippen molar-refractivity contribution >= 4 is 15.9 Å². The van der Waals surface area contributed by atoms with Crippen LogP contribution in [0.25, 0.3) is 0 Å².